The number of hydrogen-bond acceptors (Lipinski definition) is 4. The molecule has 0 aliphatic heterocycles. The molecule has 0 atom stereocenters. The Labute approximate surface area is 82.5 Å². The Morgan fingerprint density at radius 2 is 2.07 bits per heavy atom. The minimum Gasteiger partial charge on any atom is -0.313 e. The van der Waals surface area contributed by atoms with Crippen molar-refractivity contribution in [3.05, 3.63) is 33.9 Å². The molecule has 0 aromatic heterocycles. The van der Waals surface area contributed by atoms with Crippen LogP contribution in [-0.2, 0) is 0 Å². The van der Waals surface area contributed by atoms with E-state index in [-0.39, 0.29) is 5.69 Å². The summed E-state index contributed by atoms with van der Waals surface area (Å²) >= 11 is 0. The number of hydrazine groups is 1. The molecule has 0 aliphatic carbocycles. The summed E-state index contributed by atoms with van der Waals surface area (Å²) in [6.07, 6.45) is 0. The average molecular weight is 195 g/mol. The number of rotatable bonds is 3. The fourth-order valence-electron chi connectivity index (χ4n) is 1.13. The highest BCUT2D eigenvalue weighted by Gasteiger charge is 2.13. The van der Waals surface area contributed by atoms with Crippen molar-refractivity contribution in [3.63, 3.8) is 0 Å². The molecule has 0 radical (unpaired) electrons. The smallest absolute Gasteiger partial charge is 0.293 e. The fraction of sp³-hybridized carbons (Fsp3) is 0.333. The lowest BCUT2D eigenvalue weighted by Gasteiger charge is -2.13. The van der Waals surface area contributed by atoms with E-state index in [0.717, 1.165) is 5.56 Å². The van der Waals surface area contributed by atoms with Gasteiger partial charge >= 0.3 is 0 Å². The average Bonchev–Trinajstić information content (AvgIpc) is 2.07. The van der Waals surface area contributed by atoms with Crippen molar-refractivity contribution < 1.29 is 4.92 Å². The van der Waals surface area contributed by atoms with E-state index < -0.39 is 4.92 Å². The molecular formula is C9H13N3O2. The van der Waals surface area contributed by atoms with Crippen molar-refractivity contribution in [2.75, 3.05) is 19.5 Å². The SMILES string of the molecule is Cc1ccc(NN(C)C)c([N+](=O)[O-])c1. The Kier molecular flexibility index (Phi) is 3.03. The molecule has 14 heavy (non-hydrogen) atoms. The lowest BCUT2D eigenvalue weighted by atomic mass is 10.2. The first-order valence-corrected chi connectivity index (χ1v) is 4.19. The van der Waals surface area contributed by atoms with Gasteiger partial charge in [0.05, 0.1) is 4.92 Å². The van der Waals surface area contributed by atoms with Crippen LogP contribution in [0.15, 0.2) is 18.2 Å². The van der Waals surface area contributed by atoms with Gasteiger partial charge in [-0.2, -0.15) is 0 Å². The summed E-state index contributed by atoms with van der Waals surface area (Å²) in [4.78, 5) is 10.3. The molecule has 0 spiro atoms. The molecule has 5 nitrogen and oxygen atoms in total. The van der Waals surface area contributed by atoms with E-state index in [0.29, 0.717) is 5.69 Å². The second kappa shape index (κ2) is 4.06. The highest BCUT2D eigenvalue weighted by atomic mass is 16.6. The molecule has 76 valence electrons. The summed E-state index contributed by atoms with van der Waals surface area (Å²) in [5.41, 5.74) is 4.35. The Bertz CT molecular complexity index is 350. The van der Waals surface area contributed by atoms with Crippen LogP contribution >= 0.6 is 0 Å². The van der Waals surface area contributed by atoms with Crippen molar-refractivity contribution in [2.24, 2.45) is 0 Å². The highest BCUT2D eigenvalue weighted by molar-refractivity contribution is 5.61. The number of nitrogens with zero attached hydrogens (tertiary/aromatic N) is 2. The Morgan fingerprint density at radius 1 is 1.43 bits per heavy atom. The molecular weight excluding hydrogens is 182 g/mol. The third kappa shape index (κ3) is 2.43. The van der Waals surface area contributed by atoms with E-state index in [1.165, 1.54) is 0 Å². The van der Waals surface area contributed by atoms with Gasteiger partial charge in [-0.1, -0.05) is 6.07 Å². The summed E-state index contributed by atoms with van der Waals surface area (Å²) < 4.78 is 0. The van der Waals surface area contributed by atoms with Crippen molar-refractivity contribution in [3.8, 4) is 0 Å². The van der Waals surface area contributed by atoms with Crippen LogP contribution in [0.4, 0.5) is 11.4 Å². The third-order valence-electron chi connectivity index (χ3n) is 1.69. The van der Waals surface area contributed by atoms with Crippen molar-refractivity contribution >= 4 is 11.4 Å². The first-order valence-electron chi connectivity index (χ1n) is 4.19. The maximum absolute atomic E-state index is 10.7. The Hall–Kier alpha value is -1.62. The van der Waals surface area contributed by atoms with Crippen molar-refractivity contribution in [1.29, 1.82) is 0 Å². The quantitative estimate of drug-likeness (QED) is 0.590. The molecule has 1 N–H and O–H groups in total. The van der Waals surface area contributed by atoms with Crippen LogP contribution in [0.1, 0.15) is 5.56 Å². The van der Waals surface area contributed by atoms with E-state index in [4.69, 9.17) is 0 Å². The van der Waals surface area contributed by atoms with Crippen LogP contribution in [0.3, 0.4) is 0 Å². The molecule has 0 amide bonds. The van der Waals surface area contributed by atoms with E-state index in [9.17, 15) is 10.1 Å². The lowest BCUT2D eigenvalue weighted by molar-refractivity contribution is -0.384. The van der Waals surface area contributed by atoms with E-state index >= 15 is 0 Å². The first-order chi connectivity index (χ1) is 6.50. The van der Waals surface area contributed by atoms with Gasteiger partial charge in [0, 0.05) is 20.2 Å². The lowest BCUT2D eigenvalue weighted by Crippen LogP contribution is -2.20. The molecule has 1 rings (SSSR count). The Morgan fingerprint density at radius 3 is 2.57 bits per heavy atom. The largest absolute Gasteiger partial charge is 0.313 e. The van der Waals surface area contributed by atoms with Crippen LogP contribution in [0, 0.1) is 17.0 Å². The summed E-state index contributed by atoms with van der Waals surface area (Å²) in [5, 5.41) is 12.4. The monoisotopic (exact) mass is 195 g/mol. The highest BCUT2D eigenvalue weighted by Crippen LogP contribution is 2.25. The molecule has 0 aliphatic rings. The van der Waals surface area contributed by atoms with Gasteiger partial charge in [-0.15, -0.1) is 0 Å². The zero-order chi connectivity index (χ0) is 10.7. The third-order valence-corrected chi connectivity index (χ3v) is 1.69. The second-order valence-electron chi connectivity index (χ2n) is 3.28. The van der Waals surface area contributed by atoms with Crippen molar-refractivity contribution in [2.45, 2.75) is 6.92 Å². The molecule has 1 aromatic rings. The molecule has 0 unspecified atom stereocenters. The first kappa shape index (κ1) is 10.5. The maximum atomic E-state index is 10.7. The molecule has 0 fully saturated rings. The topological polar surface area (TPSA) is 58.4 Å². The number of hydrogen-bond donors (Lipinski definition) is 1. The maximum Gasteiger partial charge on any atom is 0.293 e. The van der Waals surface area contributed by atoms with Gasteiger partial charge in [0.2, 0.25) is 0 Å². The number of nitrogens with one attached hydrogen (secondary N) is 1. The predicted molar refractivity (Wildman–Crippen MR) is 55.1 cm³/mol. The number of anilines is 1. The van der Waals surface area contributed by atoms with E-state index in [2.05, 4.69) is 5.43 Å². The fourth-order valence-corrected chi connectivity index (χ4v) is 1.13. The number of nitro benzene ring substituents is 1. The van der Waals surface area contributed by atoms with Gasteiger partial charge in [0.15, 0.2) is 0 Å². The molecule has 0 saturated heterocycles. The minimum atomic E-state index is -0.390. The van der Waals surface area contributed by atoms with Crippen LogP contribution in [0.2, 0.25) is 0 Å². The van der Waals surface area contributed by atoms with E-state index in [1.54, 1.807) is 31.2 Å². The van der Waals surface area contributed by atoms with Crippen LogP contribution in [0.25, 0.3) is 0 Å². The number of benzene rings is 1. The van der Waals surface area contributed by atoms with Gasteiger partial charge in [0.1, 0.15) is 5.69 Å². The summed E-state index contributed by atoms with van der Waals surface area (Å²) in [5.74, 6) is 0. The minimum absolute atomic E-state index is 0.0960. The zero-order valence-corrected chi connectivity index (χ0v) is 8.44. The number of aryl methyl sites for hydroxylation is 1. The molecule has 5 heteroatoms. The van der Waals surface area contributed by atoms with Gasteiger partial charge < -0.3 is 5.43 Å². The standard InChI is InChI=1S/C9H13N3O2/c1-7-4-5-8(10-11(2)3)9(6-7)12(13)14/h4-6,10H,1-3H3. The van der Waals surface area contributed by atoms with Crippen LogP contribution < -0.4 is 5.43 Å². The Balaban J connectivity index is 3.08. The van der Waals surface area contributed by atoms with Crippen LogP contribution in [-0.4, -0.2) is 24.0 Å². The molecule has 0 heterocycles. The van der Waals surface area contributed by atoms with Crippen LogP contribution in [0.5, 0.6) is 0 Å². The number of nitro groups is 1. The summed E-state index contributed by atoms with van der Waals surface area (Å²) in [7, 11) is 3.56. The molecule has 0 saturated carbocycles. The summed E-state index contributed by atoms with van der Waals surface area (Å²) in [6.45, 7) is 1.83. The molecule has 0 bridgehead atoms. The van der Waals surface area contributed by atoms with Gasteiger partial charge in [0.25, 0.3) is 5.69 Å². The predicted octanol–water partition coefficient (Wildman–Crippen LogP) is 1.79. The second-order valence-corrected chi connectivity index (χ2v) is 3.28. The van der Waals surface area contributed by atoms with Gasteiger partial charge in [-0.25, -0.2) is 5.01 Å². The van der Waals surface area contributed by atoms with Crippen molar-refractivity contribution in [1.82, 2.24) is 5.01 Å². The normalized spacial score (nSPS) is 10.3. The molecule has 1 aromatic carbocycles. The summed E-state index contributed by atoms with van der Waals surface area (Å²) in [6, 6.07) is 5.08. The van der Waals surface area contributed by atoms with E-state index in [1.807, 2.05) is 13.0 Å². The van der Waals surface area contributed by atoms with Gasteiger partial charge in [-0.3, -0.25) is 10.1 Å². The zero-order valence-electron chi connectivity index (χ0n) is 8.44. The van der Waals surface area contributed by atoms with Gasteiger partial charge in [-0.05, 0) is 18.6 Å².